The van der Waals surface area contributed by atoms with Crippen LogP contribution in [0, 0.1) is 0 Å². The van der Waals surface area contributed by atoms with Gasteiger partial charge in [-0.15, -0.1) is 0 Å². The molecule has 0 saturated heterocycles. The van der Waals surface area contributed by atoms with Gasteiger partial charge in [-0.1, -0.05) is 30.3 Å². The number of hydrogen-bond donors (Lipinski definition) is 1. The summed E-state index contributed by atoms with van der Waals surface area (Å²) in [5, 5.41) is 3.62. The molecule has 110 valence electrons. The number of nitrogens with one attached hydrogen (secondary N) is 1. The first-order chi connectivity index (χ1) is 9.86. The minimum atomic E-state index is 0.221. The van der Waals surface area contributed by atoms with Crippen LogP contribution in [0.4, 0.5) is 0 Å². The fraction of sp³-hybridized carbons (Fsp3) is 0.667. The molecule has 0 bridgehead atoms. The molecule has 1 N–H and O–H groups in total. The molecule has 0 heterocycles. The van der Waals surface area contributed by atoms with Crippen molar-refractivity contribution in [2.75, 3.05) is 13.2 Å². The van der Waals surface area contributed by atoms with Crippen LogP contribution in [-0.4, -0.2) is 24.8 Å². The van der Waals surface area contributed by atoms with Gasteiger partial charge in [0, 0.05) is 12.6 Å². The number of hydrogen-bond acceptors (Lipinski definition) is 2. The fourth-order valence-electron chi connectivity index (χ4n) is 3.04. The Morgan fingerprint density at radius 1 is 1.15 bits per heavy atom. The van der Waals surface area contributed by atoms with Crippen LogP contribution < -0.4 is 5.32 Å². The van der Waals surface area contributed by atoms with Crippen LogP contribution in [0.2, 0.25) is 0 Å². The highest BCUT2D eigenvalue weighted by molar-refractivity contribution is 5.14. The van der Waals surface area contributed by atoms with E-state index < -0.39 is 0 Å². The van der Waals surface area contributed by atoms with Crippen LogP contribution in [0.15, 0.2) is 30.3 Å². The minimum Gasteiger partial charge on any atom is -0.375 e. The average molecular weight is 273 g/mol. The Balaban J connectivity index is 1.33. The van der Waals surface area contributed by atoms with Gasteiger partial charge in [0.15, 0.2) is 0 Å². The van der Waals surface area contributed by atoms with E-state index in [0.717, 1.165) is 32.0 Å². The van der Waals surface area contributed by atoms with Gasteiger partial charge in [-0.25, -0.2) is 0 Å². The Labute approximate surface area is 122 Å². The van der Waals surface area contributed by atoms with E-state index in [9.17, 15) is 0 Å². The number of benzene rings is 1. The summed E-state index contributed by atoms with van der Waals surface area (Å²) in [5.74, 6) is 0. The largest absolute Gasteiger partial charge is 0.375 e. The number of rotatable bonds is 9. The maximum Gasteiger partial charge on any atom is 0.0694 e. The molecule has 2 fully saturated rings. The van der Waals surface area contributed by atoms with E-state index in [4.69, 9.17) is 4.74 Å². The smallest absolute Gasteiger partial charge is 0.0694 e. The number of ether oxygens (including phenoxy) is 1. The van der Waals surface area contributed by atoms with E-state index in [2.05, 4.69) is 35.6 Å². The highest BCUT2D eigenvalue weighted by Gasteiger charge is 2.37. The van der Waals surface area contributed by atoms with Crippen molar-refractivity contribution in [2.24, 2.45) is 0 Å². The molecule has 0 amide bonds. The molecule has 0 aromatic heterocycles. The standard InChI is InChI=1S/C18H27NO/c1-2-6-16(7-3-1)8-4-15-20-18(11-5-12-18)13-14-19-17-9-10-17/h1-3,6-7,17,19H,4-5,8-15H2. The highest BCUT2D eigenvalue weighted by atomic mass is 16.5. The Morgan fingerprint density at radius 3 is 2.60 bits per heavy atom. The summed E-state index contributed by atoms with van der Waals surface area (Å²) in [6, 6.07) is 11.6. The van der Waals surface area contributed by atoms with Gasteiger partial charge in [-0.3, -0.25) is 0 Å². The minimum absolute atomic E-state index is 0.221. The van der Waals surface area contributed by atoms with Crippen molar-refractivity contribution in [2.45, 2.75) is 63.0 Å². The molecular weight excluding hydrogens is 246 g/mol. The first-order valence-electron chi connectivity index (χ1n) is 8.28. The molecule has 2 nitrogen and oxygen atoms in total. The lowest BCUT2D eigenvalue weighted by Crippen LogP contribution is -2.43. The van der Waals surface area contributed by atoms with Crippen molar-refractivity contribution >= 4 is 0 Å². The van der Waals surface area contributed by atoms with Crippen LogP contribution in [0.3, 0.4) is 0 Å². The Morgan fingerprint density at radius 2 is 1.95 bits per heavy atom. The Bertz CT molecular complexity index is 395. The van der Waals surface area contributed by atoms with E-state index in [-0.39, 0.29) is 5.60 Å². The molecule has 2 heteroatoms. The molecular formula is C18H27NO. The van der Waals surface area contributed by atoms with Gasteiger partial charge in [-0.2, -0.15) is 0 Å². The van der Waals surface area contributed by atoms with Gasteiger partial charge in [0.2, 0.25) is 0 Å². The second-order valence-corrected chi connectivity index (χ2v) is 6.45. The first-order valence-corrected chi connectivity index (χ1v) is 8.28. The van der Waals surface area contributed by atoms with Gasteiger partial charge in [0.1, 0.15) is 0 Å². The van der Waals surface area contributed by atoms with Crippen molar-refractivity contribution in [1.29, 1.82) is 0 Å². The summed E-state index contributed by atoms with van der Waals surface area (Å²) in [7, 11) is 0. The van der Waals surface area contributed by atoms with E-state index in [1.807, 2.05) is 0 Å². The van der Waals surface area contributed by atoms with Crippen molar-refractivity contribution < 1.29 is 4.74 Å². The zero-order chi connectivity index (χ0) is 13.7. The lowest BCUT2D eigenvalue weighted by Gasteiger charge is -2.42. The molecule has 2 aliphatic rings. The van der Waals surface area contributed by atoms with E-state index >= 15 is 0 Å². The van der Waals surface area contributed by atoms with Crippen LogP contribution in [0.1, 0.15) is 50.5 Å². The van der Waals surface area contributed by atoms with Gasteiger partial charge in [-0.05, 0) is 63.5 Å². The summed E-state index contributed by atoms with van der Waals surface area (Å²) in [6.45, 7) is 2.06. The Hall–Kier alpha value is -0.860. The third-order valence-electron chi connectivity index (χ3n) is 4.72. The van der Waals surface area contributed by atoms with E-state index in [1.165, 1.54) is 44.1 Å². The quantitative estimate of drug-likeness (QED) is 0.693. The lowest BCUT2D eigenvalue weighted by atomic mass is 9.77. The molecule has 0 unspecified atom stereocenters. The molecule has 2 aliphatic carbocycles. The molecule has 1 aromatic rings. The normalized spacial score (nSPS) is 20.6. The van der Waals surface area contributed by atoms with Crippen molar-refractivity contribution in [3.63, 3.8) is 0 Å². The number of aryl methyl sites for hydroxylation is 1. The van der Waals surface area contributed by atoms with Crippen molar-refractivity contribution in [1.82, 2.24) is 5.32 Å². The summed E-state index contributed by atoms with van der Waals surface area (Å²) >= 11 is 0. The van der Waals surface area contributed by atoms with Crippen LogP contribution in [0.25, 0.3) is 0 Å². The van der Waals surface area contributed by atoms with Gasteiger partial charge >= 0.3 is 0 Å². The van der Waals surface area contributed by atoms with Crippen molar-refractivity contribution in [3.8, 4) is 0 Å². The van der Waals surface area contributed by atoms with E-state index in [0.29, 0.717) is 0 Å². The maximum absolute atomic E-state index is 6.25. The summed E-state index contributed by atoms with van der Waals surface area (Å²) in [5.41, 5.74) is 1.65. The molecule has 0 spiro atoms. The molecule has 0 atom stereocenters. The topological polar surface area (TPSA) is 21.3 Å². The second-order valence-electron chi connectivity index (χ2n) is 6.45. The molecule has 2 saturated carbocycles. The van der Waals surface area contributed by atoms with Gasteiger partial charge in [0.05, 0.1) is 5.60 Å². The monoisotopic (exact) mass is 273 g/mol. The lowest BCUT2D eigenvalue weighted by molar-refractivity contribution is -0.105. The molecule has 1 aromatic carbocycles. The van der Waals surface area contributed by atoms with Gasteiger partial charge < -0.3 is 10.1 Å². The molecule has 0 radical (unpaired) electrons. The third-order valence-corrected chi connectivity index (χ3v) is 4.72. The van der Waals surface area contributed by atoms with Crippen LogP contribution in [-0.2, 0) is 11.2 Å². The Kier molecular flexibility index (Phi) is 4.74. The highest BCUT2D eigenvalue weighted by Crippen LogP contribution is 2.38. The molecule has 20 heavy (non-hydrogen) atoms. The third kappa shape index (κ3) is 4.07. The average Bonchev–Trinajstić information content (AvgIpc) is 3.25. The predicted octanol–water partition coefficient (Wildman–Crippen LogP) is 3.70. The van der Waals surface area contributed by atoms with E-state index in [1.54, 1.807) is 0 Å². The fourth-order valence-corrected chi connectivity index (χ4v) is 3.04. The molecule has 0 aliphatic heterocycles. The predicted molar refractivity (Wildman–Crippen MR) is 82.9 cm³/mol. The zero-order valence-corrected chi connectivity index (χ0v) is 12.4. The SMILES string of the molecule is c1ccc(CCCOC2(CCNC3CC3)CCC2)cc1. The maximum atomic E-state index is 6.25. The molecule has 3 rings (SSSR count). The zero-order valence-electron chi connectivity index (χ0n) is 12.4. The second kappa shape index (κ2) is 6.73. The van der Waals surface area contributed by atoms with Crippen molar-refractivity contribution in [3.05, 3.63) is 35.9 Å². The van der Waals surface area contributed by atoms with Gasteiger partial charge in [0.25, 0.3) is 0 Å². The summed E-state index contributed by atoms with van der Waals surface area (Å²) in [6.07, 6.45) is 10.1. The van der Waals surface area contributed by atoms with Crippen LogP contribution in [0.5, 0.6) is 0 Å². The summed E-state index contributed by atoms with van der Waals surface area (Å²) in [4.78, 5) is 0. The first kappa shape index (κ1) is 14.1. The van der Waals surface area contributed by atoms with Crippen LogP contribution >= 0.6 is 0 Å². The summed E-state index contributed by atoms with van der Waals surface area (Å²) < 4.78 is 6.25.